The molecule has 7 rings (SSSR count). The van der Waals surface area contributed by atoms with Crippen molar-refractivity contribution in [2.75, 3.05) is 7.11 Å². The van der Waals surface area contributed by atoms with Gasteiger partial charge in [-0.15, -0.1) is 0 Å². The minimum atomic E-state index is 0.860. The quantitative estimate of drug-likeness (QED) is 0.569. The Bertz CT molecular complexity index is 954. The van der Waals surface area contributed by atoms with Crippen LogP contribution in [0.2, 0.25) is 0 Å². The first-order chi connectivity index (χ1) is 12.8. The Morgan fingerprint density at radius 3 is 1.96 bits per heavy atom. The van der Waals surface area contributed by atoms with Crippen molar-refractivity contribution in [3.05, 3.63) is 100 Å². The Balaban J connectivity index is 1.65. The van der Waals surface area contributed by atoms with Crippen LogP contribution in [0.15, 0.2) is 66.7 Å². The number of methoxy groups -OCH3 is 1. The molecule has 0 heterocycles. The summed E-state index contributed by atoms with van der Waals surface area (Å²) in [6.45, 7) is 0. The lowest BCUT2D eigenvalue weighted by Crippen LogP contribution is -2.00. The van der Waals surface area contributed by atoms with E-state index in [0.29, 0.717) is 0 Å². The highest BCUT2D eigenvalue weighted by Crippen LogP contribution is 2.19. The van der Waals surface area contributed by atoms with Gasteiger partial charge in [0.1, 0.15) is 5.75 Å². The third-order valence-corrected chi connectivity index (χ3v) is 5.01. The van der Waals surface area contributed by atoms with Crippen molar-refractivity contribution < 1.29 is 4.74 Å². The summed E-state index contributed by atoms with van der Waals surface area (Å²) in [6.07, 6.45) is 4.20. The fraction of sp³-hybridized carbons (Fsp3) is 0.200. The van der Waals surface area contributed by atoms with E-state index in [2.05, 4.69) is 54.3 Å². The summed E-state index contributed by atoms with van der Waals surface area (Å²) in [5.41, 5.74) is 7.67. The molecule has 0 N–H and O–H groups in total. The average molecular weight is 338 g/mol. The van der Waals surface area contributed by atoms with Gasteiger partial charge >= 0.3 is 0 Å². The molecular formula is C25H22O. The summed E-state index contributed by atoms with van der Waals surface area (Å²) in [6, 6.07) is 23.8. The van der Waals surface area contributed by atoms with Gasteiger partial charge in [-0.2, -0.15) is 0 Å². The van der Waals surface area contributed by atoms with Gasteiger partial charge in [-0.25, -0.2) is 0 Å². The first-order valence-corrected chi connectivity index (χ1v) is 9.16. The smallest absolute Gasteiger partial charge is 0.118 e. The van der Waals surface area contributed by atoms with Crippen molar-refractivity contribution in [1.29, 1.82) is 0 Å². The van der Waals surface area contributed by atoms with Crippen LogP contribution >= 0.6 is 0 Å². The molecule has 0 fully saturated rings. The molecular weight excluding hydrogens is 316 g/mol. The van der Waals surface area contributed by atoms with E-state index in [0.717, 1.165) is 42.6 Å². The van der Waals surface area contributed by atoms with Crippen LogP contribution in [-0.4, -0.2) is 7.11 Å². The highest BCUT2D eigenvalue weighted by molar-refractivity contribution is 5.49. The monoisotopic (exact) mass is 338 g/mol. The van der Waals surface area contributed by atoms with Crippen LogP contribution in [0.4, 0.5) is 0 Å². The van der Waals surface area contributed by atoms with E-state index in [9.17, 15) is 0 Å². The fourth-order valence-electron chi connectivity index (χ4n) is 3.37. The van der Waals surface area contributed by atoms with E-state index >= 15 is 0 Å². The zero-order valence-corrected chi connectivity index (χ0v) is 15.1. The van der Waals surface area contributed by atoms with Crippen molar-refractivity contribution in [2.24, 2.45) is 0 Å². The second-order valence-corrected chi connectivity index (χ2v) is 6.79. The normalized spacial score (nSPS) is 12.7. The highest BCUT2D eigenvalue weighted by atomic mass is 16.5. The molecule has 1 nitrogen and oxygen atoms in total. The maximum Gasteiger partial charge on any atom is 0.118 e. The largest absolute Gasteiger partial charge is 0.497 e. The van der Waals surface area contributed by atoms with Gasteiger partial charge in [-0.05, 0) is 78.3 Å². The zero-order valence-electron chi connectivity index (χ0n) is 15.1. The highest BCUT2D eigenvalue weighted by Gasteiger charge is 2.06. The lowest BCUT2D eigenvalue weighted by Gasteiger charge is -2.11. The molecule has 3 aromatic rings. The van der Waals surface area contributed by atoms with Crippen molar-refractivity contribution >= 4 is 0 Å². The van der Waals surface area contributed by atoms with E-state index in [1.54, 1.807) is 7.11 Å². The molecule has 0 spiro atoms. The molecule has 3 aromatic carbocycles. The summed E-state index contributed by atoms with van der Waals surface area (Å²) in [7, 11) is 1.68. The van der Waals surface area contributed by atoms with E-state index in [1.807, 2.05) is 24.3 Å². The fourth-order valence-corrected chi connectivity index (χ4v) is 3.37. The Kier molecular flexibility index (Phi) is 4.75. The Hall–Kier alpha value is -2.98. The molecule has 0 saturated heterocycles. The molecule has 0 saturated carbocycles. The van der Waals surface area contributed by atoms with E-state index < -0.39 is 0 Å². The number of hydrogen-bond acceptors (Lipinski definition) is 1. The summed E-state index contributed by atoms with van der Waals surface area (Å²) in [5, 5.41) is 0. The Morgan fingerprint density at radius 2 is 1.27 bits per heavy atom. The van der Waals surface area contributed by atoms with E-state index in [4.69, 9.17) is 4.74 Å². The summed E-state index contributed by atoms with van der Waals surface area (Å²) < 4.78 is 5.21. The first-order valence-electron chi connectivity index (χ1n) is 9.16. The van der Waals surface area contributed by atoms with Crippen LogP contribution in [0.25, 0.3) is 0 Å². The molecule has 0 atom stereocenters. The standard InChI is InChI=1S/C25H22O/c1-26-25-16-11-21(12-17-25)9-15-24-18-22-7-6-19-2-4-20(5-3-19)8-13-23(24)14-10-22/h2-5,10-12,14,16-18H,6-8,13H2,1H3. The lowest BCUT2D eigenvalue weighted by molar-refractivity contribution is 0.415. The predicted octanol–water partition coefficient (Wildman–Crippen LogP) is 4.98. The molecule has 0 unspecified atom stereocenters. The number of benzene rings is 3. The SMILES string of the molecule is COc1ccc(C#Cc2cc3ccc2CCc2ccc(cc2)CC3)cc1. The predicted molar refractivity (Wildman–Crippen MR) is 107 cm³/mol. The van der Waals surface area contributed by atoms with Crippen LogP contribution in [0.5, 0.6) is 5.75 Å². The zero-order chi connectivity index (χ0) is 17.8. The van der Waals surface area contributed by atoms with Gasteiger partial charge in [0.05, 0.1) is 7.11 Å². The molecule has 4 aliphatic carbocycles. The van der Waals surface area contributed by atoms with Crippen molar-refractivity contribution in [2.45, 2.75) is 25.7 Å². The summed E-state index contributed by atoms with van der Waals surface area (Å²) >= 11 is 0. The Morgan fingerprint density at radius 1 is 0.654 bits per heavy atom. The third kappa shape index (κ3) is 3.81. The molecule has 4 bridgehead atoms. The maximum absolute atomic E-state index is 5.21. The van der Waals surface area contributed by atoms with Gasteiger partial charge < -0.3 is 4.74 Å². The molecule has 0 radical (unpaired) electrons. The second-order valence-electron chi connectivity index (χ2n) is 6.79. The molecule has 1 heteroatoms. The van der Waals surface area contributed by atoms with Gasteiger partial charge in [0, 0.05) is 11.1 Å². The van der Waals surface area contributed by atoms with Gasteiger partial charge in [-0.1, -0.05) is 48.2 Å². The van der Waals surface area contributed by atoms with Gasteiger partial charge in [-0.3, -0.25) is 0 Å². The molecule has 0 aliphatic heterocycles. The second kappa shape index (κ2) is 7.50. The van der Waals surface area contributed by atoms with Gasteiger partial charge in [0.25, 0.3) is 0 Å². The minimum Gasteiger partial charge on any atom is -0.497 e. The topological polar surface area (TPSA) is 9.23 Å². The summed E-state index contributed by atoms with van der Waals surface area (Å²) in [5.74, 6) is 7.59. The summed E-state index contributed by atoms with van der Waals surface area (Å²) in [4.78, 5) is 0. The maximum atomic E-state index is 5.21. The third-order valence-electron chi connectivity index (χ3n) is 5.01. The van der Waals surface area contributed by atoms with Gasteiger partial charge in [0.2, 0.25) is 0 Å². The van der Waals surface area contributed by atoms with Crippen LogP contribution in [-0.2, 0) is 25.7 Å². The molecule has 4 aliphatic rings. The first kappa shape index (κ1) is 16.5. The molecule has 0 aromatic heterocycles. The Labute approximate surface area is 155 Å². The molecule has 26 heavy (non-hydrogen) atoms. The van der Waals surface area contributed by atoms with Crippen molar-refractivity contribution in [3.8, 4) is 17.6 Å². The van der Waals surface area contributed by atoms with E-state index in [-0.39, 0.29) is 0 Å². The van der Waals surface area contributed by atoms with Crippen LogP contribution in [0, 0.1) is 11.8 Å². The number of aryl methyl sites for hydroxylation is 4. The average Bonchev–Trinajstić information content (AvgIpc) is 2.69. The van der Waals surface area contributed by atoms with Gasteiger partial charge in [0.15, 0.2) is 0 Å². The van der Waals surface area contributed by atoms with Crippen molar-refractivity contribution in [3.63, 3.8) is 0 Å². The van der Waals surface area contributed by atoms with Crippen LogP contribution in [0.1, 0.15) is 33.4 Å². The number of rotatable bonds is 1. The number of ether oxygens (including phenoxy) is 1. The van der Waals surface area contributed by atoms with E-state index in [1.165, 1.54) is 22.3 Å². The molecule has 128 valence electrons. The lowest BCUT2D eigenvalue weighted by atomic mass is 9.93. The van der Waals surface area contributed by atoms with Crippen molar-refractivity contribution in [1.82, 2.24) is 0 Å². The molecule has 0 amide bonds. The van der Waals surface area contributed by atoms with Crippen LogP contribution in [0.3, 0.4) is 0 Å². The minimum absolute atomic E-state index is 0.860. The van der Waals surface area contributed by atoms with Crippen LogP contribution < -0.4 is 4.74 Å². The number of hydrogen-bond donors (Lipinski definition) is 0.